The standard InChI is InChI=1S/C22H28N2O4/c1-16(2)28-21-12-6-4-10-19(21)24-22(25)14-23-18-9-3-5-11-20(18)27-15-17-8-7-13-26-17/h3-6,9-12,16-17,23H,7-8,13-15H2,1-2H3,(H,24,25). The lowest BCUT2D eigenvalue weighted by atomic mass is 10.2. The van der Waals surface area contributed by atoms with Crippen LogP contribution in [0.1, 0.15) is 26.7 Å². The monoisotopic (exact) mass is 384 g/mol. The minimum absolute atomic E-state index is 0.0315. The van der Waals surface area contributed by atoms with E-state index in [9.17, 15) is 4.79 Å². The topological polar surface area (TPSA) is 68.8 Å². The Morgan fingerprint density at radius 2 is 1.82 bits per heavy atom. The Morgan fingerprint density at radius 1 is 1.11 bits per heavy atom. The second-order valence-corrected chi connectivity index (χ2v) is 7.01. The van der Waals surface area contributed by atoms with Crippen LogP contribution in [-0.4, -0.2) is 37.9 Å². The lowest BCUT2D eigenvalue weighted by Gasteiger charge is -2.17. The van der Waals surface area contributed by atoms with Gasteiger partial charge in [-0.1, -0.05) is 24.3 Å². The summed E-state index contributed by atoms with van der Waals surface area (Å²) in [6.45, 7) is 5.35. The molecule has 2 aromatic rings. The predicted molar refractivity (Wildman–Crippen MR) is 110 cm³/mol. The van der Waals surface area contributed by atoms with Gasteiger partial charge >= 0.3 is 0 Å². The summed E-state index contributed by atoms with van der Waals surface area (Å²) in [5, 5.41) is 6.05. The van der Waals surface area contributed by atoms with Gasteiger partial charge in [0.15, 0.2) is 0 Å². The van der Waals surface area contributed by atoms with Crippen LogP contribution in [0.25, 0.3) is 0 Å². The van der Waals surface area contributed by atoms with Crippen LogP contribution in [0.2, 0.25) is 0 Å². The van der Waals surface area contributed by atoms with Gasteiger partial charge in [0.05, 0.1) is 30.1 Å². The highest BCUT2D eigenvalue weighted by Gasteiger charge is 2.17. The van der Waals surface area contributed by atoms with Gasteiger partial charge in [-0.25, -0.2) is 0 Å². The van der Waals surface area contributed by atoms with Crippen LogP contribution in [0.3, 0.4) is 0 Å². The van der Waals surface area contributed by atoms with E-state index in [1.54, 1.807) is 0 Å². The lowest BCUT2D eigenvalue weighted by molar-refractivity contribution is -0.114. The van der Waals surface area contributed by atoms with Crippen molar-refractivity contribution in [2.75, 3.05) is 30.4 Å². The number of carbonyl (C=O) groups excluding carboxylic acids is 1. The number of nitrogens with one attached hydrogen (secondary N) is 2. The van der Waals surface area contributed by atoms with Gasteiger partial charge in [0.2, 0.25) is 5.91 Å². The van der Waals surface area contributed by atoms with Gasteiger partial charge in [0, 0.05) is 6.61 Å². The Morgan fingerprint density at radius 3 is 2.54 bits per heavy atom. The molecule has 6 nitrogen and oxygen atoms in total. The van der Waals surface area contributed by atoms with E-state index < -0.39 is 0 Å². The number of carbonyl (C=O) groups is 1. The summed E-state index contributed by atoms with van der Waals surface area (Å²) in [6.07, 6.45) is 2.28. The van der Waals surface area contributed by atoms with E-state index in [2.05, 4.69) is 10.6 Å². The highest BCUT2D eigenvalue weighted by molar-refractivity contribution is 5.95. The molecule has 150 valence electrons. The first-order chi connectivity index (χ1) is 13.6. The van der Waals surface area contributed by atoms with Crippen LogP contribution in [0.15, 0.2) is 48.5 Å². The van der Waals surface area contributed by atoms with Gasteiger partial charge in [-0.05, 0) is 51.0 Å². The number of benzene rings is 2. The van der Waals surface area contributed by atoms with E-state index in [4.69, 9.17) is 14.2 Å². The smallest absolute Gasteiger partial charge is 0.243 e. The zero-order chi connectivity index (χ0) is 19.8. The van der Waals surface area contributed by atoms with Crippen molar-refractivity contribution in [1.82, 2.24) is 0 Å². The SMILES string of the molecule is CC(C)Oc1ccccc1NC(=O)CNc1ccccc1OCC1CCCO1. The van der Waals surface area contributed by atoms with E-state index in [-0.39, 0.29) is 24.7 Å². The number of ether oxygens (including phenoxy) is 3. The Labute approximate surface area is 166 Å². The maximum atomic E-state index is 12.4. The molecule has 0 aromatic heterocycles. The molecule has 1 fully saturated rings. The molecule has 0 spiro atoms. The van der Waals surface area contributed by atoms with Gasteiger partial charge in [-0.15, -0.1) is 0 Å². The first-order valence-electron chi connectivity index (χ1n) is 9.74. The zero-order valence-corrected chi connectivity index (χ0v) is 16.4. The second kappa shape index (κ2) is 9.99. The van der Waals surface area contributed by atoms with Gasteiger partial charge in [0.1, 0.15) is 18.1 Å². The van der Waals surface area contributed by atoms with E-state index in [0.717, 1.165) is 25.1 Å². The maximum absolute atomic E-state index is 12.4. The molecule has 2 aromatic carbocycles. The summed E-state index contributed by atoms with van der Waals surface area (Å²) in [4.78, 5) is 12.4. The van der Waals surface area contributed by atoms with E-state index in [1.165, 1.54) is 0 Å². The summed E-state index contributed by atoms with van der Waals surface area (Å²) in [6, 6.07) is 15.0. The Kier molecular flexibility index (Phi) is 7.14. The molecule has 1 heterocycles. The van der Waals surface area contributed by atoms with Crippen LogP contribution in [-0.2, 0) is 9.53 Å². The molecule has 0 radical (unpaired) electrons. The molecule has 0 saturated carbocycles. The third kappa shape index (κ3) is 5.89. The highest BCUT2D eigenvalue weighted by Crippen LogP contribution is 2.26. The quantitative estimate of drug-likeness (QED) is 0.682. The van der Waals surface area contributed by atoms with Crippen LogP contribution in [0.5, 0.6) is 11.5 Å². The lowest BCUT2D eigenvalue weighted by Crippen LogP contribution is -2.23. The van der Waals surface area contributed by atoms with Crippen LogP contribution in [0, 0.1) is 0 Å². The normalized spacial score (nSPS) is 16.0. The summed E-state index contributed by atoms with van der Waals surface area (Å²) in [5.74, 6) is 1.22. The number of hydrogen-bond acceptors (Lipinski definition) is 5. The van der Waals surface area contributed by atoms with Gasteiger partial charge in [-0.2, -0.15) is 0 Å². The highest BCUT2D eigenvalue weighted by atomic mass is 16.5. The molecule has 1 atom stereocenters. The van der Waals surface area contributed by atoms with Crippen molar-refractivity contribution in [2.24, 2.45) is 0 Å². The van der Waals surface area contributed by atoms with Crippen molar-refractivity contribution in [2.45, 2.75) is 38.9 Å². The summed E-state index contributed by atoms with van der Waals surface area (Å²) < 4.78 is 17.2. The second-order valence-electron chi connectivity index (χ2n) is 7.01. The van der Waals surface area contributed by atoms with Crippen molar-refractivity contribution in [3.63, 3.8) is 0 Å². The summed E-state index contributed by atoms with van der Waals surface area (Å²) in [7, 11) is 0. The Bertz CT molecular complexity index is 773. The van der Waals surface area contributed by atoms with Crippen LogP contribution < -0.4 is 20.1 Å². The van der Waals surface area contributed by atoms with Crippen molar-refractivity contribution >= 4 is 17.3 Å². The molecule has 2 N–H and O–H groups in total. The predicted octanol–water partition coefficient (Wildman–Crippen LogP) is 4.08. The van der Waals surface area contributed by atoms with Crippen molar-refractivity contribution in [3.8, 4) is 11.5 Å². The molecule has 0 aliphatic carbocycles. The largest absolute Gasteiger partial charge is 0.489 e. The van der Waals surface area contributed by atoms with E-state index in [1.807, 2.05) is 62.4 Å². The van der Waals surface area contributed by atoms with E-state index in [0.29, 0.717) is 23.8 Å². The average molecular weight is 384 g/mol. The number of para-hydroxylation sites is 4. The van der Waals surface area contributed by atoms with Gasteiger partial charge in [-0.3, -0.25) is 4.79 Å². The van der Waals surface area contributed by atoms with Crippen molar-refractivity contribution < 1.29 is 19.0 Å². The molecule has 3 rings (SSSR count). The van der Waals surface area contributed by atoms with E-state index >= 15 is 0 Å². The third-order valence-electron chi connectivity index (χ3n) is 4.30. The van der Waals surface area contributed by atoms with Gasteiger partial charge < -0.3 is 24.8 Å². The molecule has 6 heteroatoms. The summed E-state index contributed by atoms with van der Waals surface area (Å²) in [5.41, 5.74) is 1.44. The molecular weight excluding hydrogens is 356 g/mol. The van der Waals surface area contributed by atoms with Crippen LogP contribution >= 0.6 is 0 Å². The third-order valence-corrected chi connectivity index (χ3v) is 4.30. The fourth-order valence-electron chi connectivity index (χ4n) is 2.99. The molecule has 1 amide bonds. The van der Waals surface area contributed by atoms with Crippen LogP contribution in [0.4, 0.5) is 11.4 Å². The summed E-state index contributed by atoms with van der Waals surface area (Å²) >= 11 is 0. The van der Waals surface area contributed by atoms with Gasteiger partial charge in [0.25, 0.3) is 0 Å². The number of hydrogen-bond donors (Lipinski definition) is 2. The number of rotatable bonds is 9. The van der Waals surface area contributed by atoms with Crippen molar-refractivity contribution in [3.05, 3.63) is 48.5 Å². The first kappa shape index (κ1) is 20.0. The fraction of sp³-hybridized carbons (Fsp3) is 0.409. The molecule has 1 saturated heterocycles. The molecule has 1 aliphatic rings. The maximum Gasteiger partial charge on any atom is 0.243 e. The zero-order valence-electron chi connectivity index (χ0n) is 16.4. The molecule has 1 aliphatic heterocycles. The molecule has 0 bridgehead atoms. The first-order valence-corrected chi connectivity index (χ1v) is 9.74. The van der Waals surface area contributed by atoms with Crippen molar-refractivity contribution in [1.29, 1.82) is 0 Å². The number of anilines is 2. The minimum atomic E-state index is -0.159. The number of amides is 1. The molecular formula is C22H28N2O4. The fourth-order valence-corrected chi connectivity index (χ4v) is 2.99. The minimum Gasteiger partial charge on any atom is -0.489 e. The average Bonchev–Trinajstić information content (AvgIpc) is 3.20. The Balaban J connectivity index is 1.55. The molecule has 28 heavy (non-hydrogen) atoms. The molecule has 1 unspecified atom stereocenters. The Hall–Kier alpha value is -2.73.